The number of ether oxygens (including phenoxy) is 1. The minimum Gasteiger partial charge on any atom is -0.484 e. The number of rotatable bonds is 6. The molecule has 0 aliphatic rings. The van der Waals surface area contributed by atoms with Crippen molar-refractivity contribution in [3.63, 3.8) is 0 Å². The third-order valence-electron chi connectivity index (χ3n) is 2.58. The number of benzene rings is 1. The van der Waals surface area contributed by atoms with E-state index in [9.17, 15) is 14.4 Å². The van der Waals surface area contributed by atoms with Gasteiger partial charge in [-0.1, -0.05) is 26.8 Å². The highest BCUT2D eigenvalue weighted by Crippen LogP contribution is 2.21. The topological polar surface area (TPSA) is 105 Å². The van der Waals surface area contributed by atoms with Gasteiger partial charge in [0.25, 0.3) is 5.91 Å². The standard InChI is InChI=1S/C15H20N2O5/c1-15(2,3)14(21)17-10-5-4-6-11(7-10)22-9-12(18)16-8-13(19)20/h4-7H,8-9H2,1-3H3,(H,16,18)(H,17,21)(H,19,20). The van der Waals surface area contributed by atoms with Crippen LogP contribution >= 0.6 is 0 Å². The van der Waals surface area contributed by atoms with E-state index in [0.717, 1.165) is 0 Å². The summed E-state index contributed by atoms with van der Waals surface area (Å²) in [7, 11) is 0. The van der Waals surface area contributed by atoms with Gasteiger partial charge in [-0.15, -0.1) is 0 Å². The maximum atomic E-state index is 11.9. The van der Waals surface area contributed by atoms with Crippen LogP contribution in [0.3, 0.4) is 0 Å². The van der Waals surface area contributed by atoms with Crippen molar-refractivity contribution in [2.75, 3.05) is 18.5 Å². The molecule has 22 heavy (non-hydrogen) atoms. The van der Waals surface area contributed by atoms with Crippen LogP contribution in [-0.4, -0.2) is 36.0 Å². The highest BCUT2D eigenvalue weighted by Gasteiger charge is 2.21. The van der Waals surface area contributed by atoms with Crippen molar-refractivity contribution in [1.29, 1.82) is 0 Å². The predicted molar refractivity (Wildman–Crippen MR) is 80.7 cm³/mol. The van der Waals surface area contributed by atoms with Crippen LogP contribution in [-0.2, 0) is 14.4 Å². The Bertz CT molecular complexity index is 563. The molecule has 7 heteroatoms. The molecule has 120 valence electrons. The monoisotopic (exact) mass is 308 g/mol. The summed E-state index contributed by atoms with van der Waals surface area (Å²) in [5.74, 6) is -1.40. The van der Waals surface area contributed by atoms with Gasteiger partial charge in [0.2, 0.25) is 5.91 Å². The SMILES string of the molecule is CC(C)(C)C(=O)Nc1cccc(OCC(=O)NCC(=O)O)c1. The summed E-state index contributed by atoms with van der Waals surface area (Å²) in [4.78, 5) is 33.5. The fourth-order valence-corrected chi connectivity index (χ4v) is 1.36. The van der Waals surface area contributed by atoms with Gasteiger partial charge < -0.3 is 20.5 Å². The molecule has 1 aromatic carbocycles. The predicted octanol–water partition coefficient (Wildman–Crippen LogP) is 1.25. The molecule has 0 heterocycles. The van der Waals surface area contributed by atoms with Gasteiger partial charge in [-0.05, 0) is 12.1 Å². The number of nitrogens with one attached hydrogen (secondary N) is 2. The van der Waals surface area contributed by atoms with Gasteiger partial charge >= 0.3 is 5.97 Å². The summed E-state index contributed by atoms with van der Waals surface area (Å²) >= 11 is 0. The normalized spacial score (nSPS) is 10.7. The first-order valence-electron chi connectivity index (χ1n) is 6.71. The Morgan fingerprint density at radius 2 is 1.91 bits per heavy atom. The van der Waals surface area contributed by atoms with Gasteiger partial charge in [-0.2, -0.15) is 0 Å². The number of amides is 2. The van der Waals surface area contributed by atoms with E-state index in [2.05, 4.69) is 10.6 Å². The van der Waals surface area contributed by atoms with E-state index in [-0.39, 0.29) is 12.5 Å². The fourth-order valence-electron chi connectivity index (χ4n) is 1.36. The van der Waals surface area contributed by atoms with Crippen LogP contribution in [0.15, 0.2) is 24.3 Å². The van der Waals surface area contributed by atoms with Crippen molar-refractivity contribution in [2.24, 2.45) is 5.41 Å². The van der Waals surface area contributed by atoms with Crippen LogP contribution in [0.2, 0.25) is 0 Å². The first-order chi connectivity index (χ1) is 10.2. The summed E-state index contributed by atoms with van der Waals surface area (Å²) in [6.45, 7) is 4.65. The van der Waals surface area contributed by atoms with Gasteiger partial charge in [0.1, 0.15) is 12.3 Å². The number of carbonyl (C=O) groups is 3. The second-order valence-corrected chi connectivity index (χ2v) is 5.69. The molecule has 3 N–H and O–H groups in total. The molecule has 0 bridgehead atoms. The molecule has 0 aromatic heterocycles. The molecular formula is C15H20N2O5. The fraction of sp³-hybridized carbons (Fsp3) is 0.400. The second-order valence-electron chi connectivity index (χ2n) is 5.69. The number of carboxylic acids is 1. The highest BCUT2D eigenvalue weighted by atomic mass is 16.5. The average molecular weight is 308 g/mol. The van der Waals surface area contributed by atoms with Crippen LogP contribution < -0.4 is 15.4 Å². The summed E-state index contributed by atoms with van der Waals surface area (Å²) in [5.41, 5.74) is 0.0384. The lowest BCUT2D eigenvalue weighted by Gasteiger charge is -2.18. The Kier molecular flexibility index (Phi) is 5.91. The van der Waals surface area contributed by atoms with Crippen LogP contribution in [0.1, 0.15) is 20.8 Å². The largest absolute Gasteiger partial charge is 0.484 e. The van der Waals surface area contributed by atoms with E-state index in [1.807, 2.05) is 0 Å². The van der Waals surface area contributed by atoms with Crippen LogP contribution in [0, 0.1) is 5.41 Å². The maximum Gasteiger partial charge on any atom is 0.322 e. The quantitative estimate of drug-likeness (QED) is 0.733. The molecule has 0 saturated carbocycles. The molecule has 0 aliphatic heterocycles. The molecule has 0 saturated heterocycles. The molecular weight excluding hydrogens is 288 g/mol. The number of hydrogen-bond acceptors (Lipinski definition) is 4. The van der Waals surface area contributed by atoms with E-state index in [1.54, 1.807) is 45.0 Å². The highest BCUT2D eigenvalue weighted by molar-refractivity contribution is 5.94. The molecule has 7 nitrogen and oxygen atoms in total. The van der Waals surface area contributed by atoms with E-state index in [1.165, 1.54) is 0 Å². The van der Waals surface area contributed by atoms with Crippen molar-refractivity contribution < 1.29 is 24.2 Å². The zero-order valence-corrected chi connectivity index (χ0v) is 12.8. The summed E-state index contributed by atoms with van der Waals surface area (Å²) < 4.78 is 5.25. The van der Waals surface area contributed by atoms with Gasteiger partial charge in [0.05, 0.1) is 0 Å². The molecule has 1 rings (SSSR count). The molecule has 0 fully saturated rings. The van der Waals surface area contributed by atoms with Crippen LogP contribution in [0.5, 0.6) is 5.75 Å². The molecule has 0 radical (unpaired) electrons. The minimum absolute atomic E-state index is 0.135. The van der Waals surface area contributed by atoms with Crippen LogP contribution in [0.25, 0.3) is 0 Å². The molecule has 2 amide bonds. The molecule has 0 unspecified atom stereocenters. The van der Waals surface area contributed by atoms with Crippen molar-refractivity contribution >= 4 is 23.5 Å². The Balaban J connectivity index is 2.56. The van der Waals surface area contributed by atoms with Gasteiger partial charge in [0, 0.05) is 17.2 Å². The minimum atomic E-state index is -1.12. The van der Waals surface area contributed by atoms with Crippen molar-refractivity contribution in [3.05, 3.63) is 24.3 Å². The first-order valence-corrected chi connectivity index (χ1v) is 6.71. The van der Waals surface area contributed by atoms with E-state index in [4.69, 9.17) is 9.84 Å². The Labute approximate surface area is 128 Å². The van der Waals surface area contributed by atoms with Gasteiger partial charge in [0.15, 0.2) is 6.61 Å². The maximum absolute atomic E-state index is 11.9. The lowest BCUT2D eigenvalue weighted by molar-refractivity contribution is -0.138. The average Bonchev–Trinajstić information content (AvgIpc) is 2.42. The zero-order valence-electron chi connectivity index (χ0n) is 12.8. The Hall–Kier alpha value is -2.57. The summed E-state index contributed by atoms with van der Waals surface area (Å²) in [6, 6.07) is 6.62. The number of carbonyl (C=O) groups excluding carboxylic acids is 2. The van der Waals surface area contributed by atoms with Crippen molar-refractivity contribution in [2.45, 2.75) is 20.8 Å². The van der Waals surface area contributed by atoms with E-state index in [0.29, 0.717) is 11.4 Å². The van der Waals surface area contributed by atoms with E-state index < -0.39 is 23.8 Å². The van der Waals surface area contributed by atoms with Crippen molar-refractivity contribution in [1.82, 2.24) is 5.32 Å². The molecule has 1 aromatic rings. The smallest absolute Gasteiger partial charge is 0.322 e. The zero-order chi connectivity index (χ0) is 16.8. The summed E-state index contributed by atoms with van der Waals surface area (Å²) in [6.07, 6.45) is 0. The van der Waals surface area contributed by atoms with Gasteiger partial charge in [-0.3, -0.25) is 14.4 Å². The lowest BCUT2D eigenvalue weighted by atomic mass is 9.95. The Morgan fingerprint density at radius 3 is 2.50 bits per heavy atom. The second kappa shape index (κ2) is 7.44. The van der Waals surface area contributed by atoms with Crippen molar-refractivity contribution in [3.8, 4) is 5.75 Å². The third-order valence-corrected chi connectivity index (χ3v) is 2.58. The van der Waals surface area contributed by atoms with Gasteiger partial charge in [-0.25, -0.2) is 0 Å². The third kappa shape index (κ3) is 6.25. The number of carboxylic acid groups (broad SMARTS) is 1. The first kappa shape index (κ1) is 17.5. The van der Waals surface area contributed by atoms with E-state index >= 15 is 0 Å². The number of aliphatic carboxylic acids is 1. The molecule has 0 atom stereocenters. The summed E-state index contributed by atoms with van der Waals surface area (Å²) in [5, 5.41) is 13.4. The molecule has 0 aliphatic carbocycles. The Morgan fingerprint density at radius 1 is 1.23 bits per heavy atom. The number of hydrogen-bond donors (Lipinski definition) is 3. The molecule has 0 spiro atoms. The lowest BCUT2D eigenvalue weighted by Crippen LogP contribution is -2.33. The number of anilines is 1. The van der Waals surface area contributed by atoms with Crippen LogP contribution in [0.4, 0.5) is 5.69 Å².